The molecule has 0 aliphatic carbocycles. The zero-order valence-corrected chi connectivity index (χ0v) is 11.7. The number of halogens is 1. The van der Waals surface area contributed by atoms with Gasteiger partial charge < -0.3 is 5.32 Å². The first-order chi connectivity index (χ1) is 8.01. The van der Waals surface area contributed by atoms with Crippen LogP contribution in [0.5, 0.6) is 0 Å². The molecule has 1 heterocycles. The van der Waals surface area contributed by atoms with E-state index in [0.717, 1.165) is 12.8 Å². The SMILES string of the molecule is CCC(CC)Nc1ncc([N+](=O)[O-])c(C)c1Br. The highest BCUT2D eigenvalue weighted by atomic mass is 79.9. The summed E-state index contributed by atoms with van der Waals surface area (Å²) in [6.07, 6.45) is 3.27. The van der Waals surface area contributed by atoms with E-state index >= 15 is 0 Å². The lowest BCUT2D eigenvalue weighted by atomic mass is 10.1. The van der Waals surface area contributed by atoms with Gasteiger partial charge in [-0.3, -0.25) is 10.1 Å². The largest absolute Gasteiger partial charge is 0.366 e. The molecular weight excluding hydrogens is 286 g/mol. The van der Waals surface area contributed by atoms with Crippen molar-refractivity contribution in [2.45, 2.75) is 39.7 Å². The standard InChI is InChI=1S/C11H16BrN3O2/c1-4-8(5-2)14-11-10(12)7(3)9(6-13-11)15(16)17/h6,8H,4-5H2,1-3H3,(H,13,14). The van der Waals surface area contributed by atoms with Crippen molar-refractivity contribution in [2.75, 3.05) is 5.32 Å². The molecule has 0 atom stereocenters. The van der Waals surface area contributed by atoms with E-state index in [1.165, 1.54) is 6.20 Å². The van der Waals surface area contributed by atoms with Gasteiger partial charge in [-0.2, -0.15) is 0 Å². The Labute approximate surface area is 109 Å². The molecule has 1 aromatic rings. The van der Waals surface area contributed by atoms with Gasteiger partial charge in [0.15, 0.2) is 0 Å². The lowest BCUT2D eigenvalue weighted by Gasteiger charge is -2.17. The summed E-state index contributed by atoms with van der Waals surface area (Å²) in [7, 11) is 0. The molecule has 1 N–H and O–H groups in total. The van der Waals surface area contributed by atoms with Gasteiger partial charge in [-0.25, -0.2) is 4.98 Å². The van der Waals surface area contributed by atoms with Gasteiger partial charge in [-0.05, 0) is 35.7 Å². The van der Waals surface area contributed by atoms with Crippen LogP contribution in [-0.2, 0) is 0 Å². The van der Waals surface area contributed by atoms with Gasteiger partial charge in [0.05, 0.1) is 9.40 Å². The molecule has 0 unspecified atom stereocenters. The van der Waals surface area contributed by atoms with Crippen molar-refractivity contribution in [3.8, 4) is 0 Å². The number of hydrogen-bond acceptors (Lipinski definition) is 4. The maximum absolute atomic E-state index is 10.7. The Bertz CT molecular complexity index is 419. The van der Waals surface area contributed by atoms with E-state index in [9.17, 15) is 10.1 Å². The number of anilines is 1. The van der Waals surface area contributed by atoms with Crippen LogP contribution >= 0.6 is 15.9 Å². The van der Waals surface area contributed by atoms with Crippen LogP contribution in [0.1, 0.15) is 32.3 Å². The zero-order chi connectivity index (χ0) is 13.0. The average Bonchev–Trinajstić information content (AvgIpc) is 2.30. The Kier molecular flexibility index (Phi) is 4.86. The molecule has 0 bridgehead atoms. The molecule has 0 aliphatic heterocycles. The second-order valence-corrected chi connectivity index (χ2v) is 4.64. The third-order valence-corrected chi connectivity index (χ3v) is 3.73. The van der Waals surface area contributed by atoms with Gasteiger partial charge in [0, 0.05) is 11.6 Å². The molecule has 17 heavy (non-hydrogen) atoms. The predicted molar refractivity (Wildman–Crippen MR) is 71.3 cm³/mol. The van der Waals surface area contributed by atoms with Crippen molar-refractivity contribution in [3.05, 3.63) is 26.3 Å². The highest BCUT2D eigenvalue weighted by Crippen LogP contribution is 2.31. The zero-order valence-electron chi connectivity index (χ0n) is 10.2. The monoisotopic (exact) mass is 301 g/mol. The molecule has 5 nitrogen and oxygen atoms in total. The fourth-order valence-corrected chi connectivity index (χ4v) is 1.96. The van der Waals surface area contributed by atoms with Crippen LogP contribution in [0.15, 0.2) is 10.7 Å². The summed E-state index contributed by atoms with van der Waals surface area (Å²) < 4.78 is 0.665. The van der Waals surface area contributed by atoms with Crippen LogP contribution in [-0.4, -0.2) is 15.9 Å². The quantitative estimate of drug-likeness (QED) is 0.665. The third kappa shape index (κ3) is 3.15. The number of nitrogens with one attached hydrogen (secondary N) is 1. The smallest absolute Gasteiger partial charge is 0.291 e. The second-order valence-electron chi connectivity index (χ2n) is 3.85. The summed E-state index contributed by atoms with van der Waals surface area (Å²) in [6, 6.07) is 0.333. The van der Waals surface area contributed by atoms with Crippen molar-refractivity contribution in [2.24, 2.45) is 0 Å². The number of aromatic nitrogens is 1. The van der Waals surface area contributed by atoms with Crippen molar-refractivity contribution < 1.29 is 4.92 Å². The predicted octanol–water partition coefficient (Wildman–Crippen LogP) is 3.66. The molecule has 1 rings (SSSR count). The first-order valence-corrected chi connectivity index (χ1v) is 6.36. The van der Waals surface area contributed by atoms with Crippen molar-refractivity contribution in [1.82, 2.24) is 4.98 Å². The summed E-state index contributed by atoms with van der Waals surface area (Å²) in [6.45, 7) is 5.89. The van der Waals surface area contributed by atoms with Gasteiger partial charge in [0.2, 0.25) is 0 Å². The lowest BCUT2D eigenvalue weighted by molar-refractivity contribution is -0.385. The van der Waals surface area contributed by atoms with Crippen molar-refractivity contribution in [1.29, 1.82) is 0 Å². The summed E-state index contributed by atoms with van der Waals surface area (Å²) in [4.78, 5) is 14.4. The molecule has 0 saturated carbocycles. The van der Waals surface area contributed by atoms with Crippen LogP contribution in [0.4, 0.5) is 11.5 Å². The van der Waals surface area contributed by atoms with Crippen LogP contribution in [0.3, 0.4) is 0 Å². The molecule has 0 aliphatic rings. The number of pyridine rings is 1. The lowest BCUT2D eigenvalue weighted by Crippen LogP contribution is -2.18. The molecule has 6 heteroatoms. The number of hydrogen-bond donors (Lipinski definition) is 1. The highest BCUT2D eigenvalue weighted by Gasteiger charge is 2.18. The van der Waals surface area contributed by atoms with E-state index in [-0.39, 0.29) is 5.69 Å². The molecule has 0 aromatic carbocycles. The molecule has 0 radical (unpaired) electrons. The normalized spacial score (nSPS) is 10.6. The fraction of sp³-hybridized carbons (Fsp3) is 0.545. The third-order valence-electron chi connectivity index (χ3n) is 2.76. The van der Waals surface area contributed by atoms with Crippen LogP contribution in [0, 0.1) is 17.0 Å². The van der Waals surface area contributed by atoms with E-state index in [2.05, 4.69) is 40.1 Å². The first kappa shape index (κ1) is 13.9. The summed E-state index contributed by atoms with van der Waals surface area (Å²) >= 11 is 3.36. The second kappa shape index (κ2) is 5.95. The van der Waals surface area contributed by atoms with E-state index in [1.807, 2.05) is 0 Å². The maximum atomic E-state index is 10.7. The Morgan fingerprint density at radius 3 is 2.59 bits per heavy atom. The van der Waals surface area contributed by atoms with Crippen molar-refractivity contribution >= 4 is 27.4 Å². The Balaban J connectivity index is 3.04. The molecule has 0 saturated heterocycles. The van der Waals surface area contributed by atoms with Gasteiger partial charge in [-0.1, -0.05) is 13.8 Å². The maximum Gasteiger partial charge on any atom is 0.291 e. The van der Waals surface area contributed by atoms with Gasteiger partial charge >= 0.3 is 0 Å². The van der Waals surface area contributed by atoms with Crippen LogP contribution in [0.25, 0.3) is 0 Å². The summed E-state index contributed by atoms with van der Waals surface area (Å²) in [5, 5.41) is 14.0. The number of nitrogens with zero attached hydrogens (tertiary/aromatic N) is 2. The van der Waals surface area contributed by atoms with Crippen molar-refractivity contribution in [3.63, 3.8) is 0 Å². The molecule has 94 valence electrons. The van der Waals surface area contributed by atoms with E-state index in [4.69, 9.17) is 0 Å². The molecular formula is C11H16BrN3O2. The number of nitro groups is 1. The van der Waals surface area contributed by atoms with Gasteiger partial charge in [-0.15, -0.1) is 0 Å². The first-order valence-electron chi connectivity index (χ1n) is 5.57. The Hall–Kier alpha value is -1.17. The fourth-order valence-electron chi connectivity index (χ4n) is 1.54. The van der Waals surface area contributed by atoms with E-state index in [0.29, 0.717) is 21.9 Å². The Morgan fingerprint density at radius 1 is 1.53 bits per heavy atom. The minimum atomic E-state index is -0.423. The van der Waals surface area contributed by atoms with Gasteiger partial charge in [0.1, 0.15) is 12.0 Å². The molecule has 0 spiro atoms. The average molecular weight is 302 g/mol. The molecule has 0 fully saturated rings. The summed E-state index contributed by atoms with van der Waals surface area (Å²) in [5.74, 6) is 0.668. The minimum absolute atomic E-state index is 0.0342. The topological polar surface area (TPSA) is 68.1 Å². The van der Waals surface area contributed by atoms with Gasteiger partial charge in [0.25, 0.3) is 5.69 Å². The van der Waals surface area contributed by atoms with E-state index in [1.54, 1.807) is 6.92 Å². The van der Waals surface area contributed by atoms with Crippen LogP contribution in [0.2, 0.25) is 0 Å². The van der Waals surface area contributed by atoms with E-state index < -0.39 is 4.92 Å². The number of rotatable bonds is 5. The highest BCUT2D eigenvalue weighted by molar-refractivity contribution is 9.10. The molecule has 1 aromatic heterocycles. The van der Waals surface area contributed by atoms with Crippen LogP contribution < -0.4 is 5.32 Å². The molecule has 0 amide bonds. The minimum Gasteiger partial charge on any atom is -0.366 e. The summed E-state index contributed by atoms with van der Waals surface area (Å²) in [5.41, 5.74) is 0.630. The Morgan fingerprint density at radius 2 is 2.12 bits per heavy atom.